The minimum absolute atomic E-state index is 0.0395. The van der Waals surface area contributed by atoms with E-state index in [-0.39, 0.29) is 11.2 Å². The molecule has 0 saturated heterocycles. The third-order valence-corrected chi connectivity index (χ3v) is 4.72. The molecule has 0 aliphatic rings. The van der Waals surface area contributed by atoms with Crippen LogP contribution >= 0.6 is 23.1 Å². The summed E-state index contributed by atoms with van der Waals surface area (Å²) >= 11 is 2.79. The molecule has 0 bridgehead atoms. The summed E-state index contributed by atoms with van der Waals surface area (Å²) < 4.78 is 10.9. The van der Waals surface area contributed by atoms with Crippen LogP contribution in [0.3, 0.4) is 0 Å². The smallest absolute Gasteiger partial charge is 0.233 e. The molecule has 2 aromatic rings. The standard InChI is InChI=1S/C13H18N4O3S2/c1-9(11(18)14-5-7-19-2)21-13-17-16-12(22-13)15-8-10-4-3-6-20-10/h3-4,6,9H,5,7-8H2,1-2H3,(H,14,18)(H,15,16)/t9-/m1/s1. The van der Waals surface area contributed by atoms with Gasteiger partial charge in [0.15, 0.2) is 4.34 Å². The topological polar surface area (TPSA) is 89.3 Å². The summed E-state index contributed by atoms with van der Waals surface area (Å²) in [5.41, 5.74) is 0. The molecule has 2 rings (SSSR count). The lowest BCUT2D eigenvalue weighted by molar-refractivity contribution is -0.120. The molecule has 1 atom stereocenters. The Bertz CT molecular complexity index is 574. The van der Waals surface area contributed by atoms with Crippen molar-refractivity contribution in [3.05, 3.63) is 24.2 Å². The Labute approximate surface area is 136 Å². The van der Waals surface area contributed by atoms with Crippen LogP contribution in [0.4, 0.5) is 5.13 Å². The Morgan fingerprint density at radius 2 is 2.41 bits per heavy atom. The highest BCUT2D eigenvalue weighted by Gasteiger charge is 2.16. The summed E-state index contributed by atoms with van der Waals surface area (Å²) in [6.07, 6.45) is 1.63. The van der Waals surface area contributed by atoms with Gasteiger partial charge in [-0.25, -0.2) is 0 Å². The highest BCUT2D eigenvalue weighted by atomic mass is 32.2. The van der Waals surface area contributed by atoms with Gasteiger partial charge < -0.3 is 19.8 Å². The van der Waals surface area contributed by atoms with Crippen LogP contribution in [0.15, 0.2) is 27.2 Å². The summed E-state index contributed by atoms with van der Waals surface area (Å²) in [6, 6.07) is 3.72. The average Bonchev–Trinajstić information content (AvgIpc) is 3.16. The van der Waals surface area contributed by atoms with Gasteiger partial charge in [0, 0.05) is 13.7 Å². The number of hydrogen-bond donors (Lipinski definition) is 2. The highest BCUT2D eigenvalue weighted by Crippen LogP contribution is 2.29. The van der Waals surface area contributed by atoms with Gasteiger partial charge >= 0.3 is 0 Å². The number of nitrogens with one attached hydrogen (secondary N) is 2. The molecule has 0 fully saturated rings. The van der Waals surface area contributed by atoms with Crippen molar-refractivity contribution in [1.29, 1.82) is 0 Å². The van der Waals surface area contributed by atoms with E-state index in [1.807, 2.05) is 19.1 Å². The first kappa shape index (κ1) is 16.8. The SMILES string of the molecule is COCCNC(=O)[C@@H](C)Sc1nnc(NCc2ccco2)s1. The molecule has 120 valence electrons. The Morgan fingerprint density at radius 3 is 3.14 bits per heavy atom. The fourth-order valence-electron chi connectivity index (χ4n) is 1.53. The van der Waals surface area contributed by atoms with Crippen molar-refractivity contribution < 1.29 is 13.9 Å². The molecule has 0 saturated carbocycles. The molecule has 2 aromatic heterocycles. The second-order valence-electron chi connectivity index (χ2n) is 4.35. The molecule has 7 nitrogen and oxygen atoms in total. The van der Waals surface area contributed by atoms with Gasteiger partial charge in [-0.3, -0.25) is 4.79 Å². The number of aromatic nitrogens is 2. The van der Waals surface area contributed by atoms with Gasteiger partial charge in [-0.2, -0.15) is 0 Å². The molecule has 0 spiro atoms. The molecule has 0 aliphatic carbocycles. The third-order valence-electron chi connectivity index (χ3n) is 2.65. The molecule has 0 aromatic carbocycles. The van der Waals surface area contributed by atoms with Crippen LogP contribution in [0.1, 0.15) is 12.7 Å². The average molecular weight is 342 g/mol. The van der Waals surface area contributed by atoms with Gasteiger partial charge in [-0.05, 0) is 19.1 Å². The van der Waals surface area contributed by atoms with Crippen LogP contribution < -0.4 is 10.6 Å². The van der Waals surface area contributed by atoms with E-state index < -0.39 is 0 Å². The summed E-state index contributed by atoms with van der Waals surface area (Å²) in [5, 5.41) is 14.5. The molecule has 0 unspecified atom stereocenters. The van der Waals surface area contributed by atoms with Crippen LogP contribution in [-0.4, -0.2) is 41.6 Å². The number of nitrogens with zero attached hydrogens (tertiary/aromatic N) is 2. The Morgan fingerprint density at radius 1 is 1.55 bits per heavy atom. The summed E-state index contributed by atoms with van der Waals surface area (Å²) in [6.45, 7) is 3.40. The molecule has 22 heavy (non-hydrogen) atoms. The Kier molecular flexibility index (Phi) is 6.69. The maximum Gasteiger partial charge on any atom is 0.233 e. The number of methoxy groups -OCH3 is 1. The number of furan rings is 1. The molecule has 0 radical (unpaired) electrons. The molecular formula is C13H18N4O3S2. The zero-order valence-electron chi connectivity index (χ0n) is 12.4. The molecule has 2 N–H and O–H groups in total. The largest absolute Gasteiger partial charge is 0.467 e. The Balaban J connectivity index is 1.77. The van der Waals surface area contributed by atoms with Crippen molar-refractivity contribution >= 4 is 34.1 Å². The van der Waals surface area contributed by atoms with Gasteiger partial charge in [0.2, 0.25) is 11.0 Å². The van der Waals surface area contributed by atoms with Crippen molar-refractivity contribution in [1.82, 2.24) is 15.5 Å². The van der Waals surface area contributed by atoms with Crippen LogP contribution in [-0.2, 0) is 16.1 Å². The fraction of sp³-hybridized carbons (Fsp3) is 0.462. The van der Waals surface area contributed by atoms with Gasteiger partial charge in [-0.15, -0.1) is 10.2 Å². The maximum atomic E-state index is 11.9. The van der Waals surface area contributed by atoms with Gasteiger partial charge in [0.25, 0.3) is 0 Å². The van der Waals surface area contributed by atoms with Crippen molar-refractivity contribution in [2.45, 2.75) is 23.1 Å². The summed E-state index contributed by atoms with van der Waals surface area (Å²) in [4.78, 5) is 11.9. The van der Waals surface area contributed by atoms with E-state index in [1.54, 1.807) is 13.4 Å². The van der Waals surface area contributed by atoms with E-state index in [2.05, 4.69) is 20.8 Å². The summed E-state index contributed by atoms with van der Waals surface area (Å²) in [5.74, 6) is 0.789. The van der Waals surface area contributed by atoms with E-state index in [4.69, 9.17) is 9.15 Å². The van der Waals surface area contributed by atoms with E-state index in [1.165, 1.54) is 23.1 Å². The lowest BCUT2D eigenvalue weighted by Gasteiger charge is -2.09. The number of carbonyl (C=O) groups excluding carboxylic acids is 1. The summed E-state index contributed by atoms with van der Waals surface area (Å²) in [7, 11) is 1.60. The quantitative estimate of drug-likeness (QED) is 0.532. The number of thioether (sulfide) groups is 1. The lowest BCUT2D eigenvalue weighted by Crippen LogP contribution is -2.33. The first-order valence-corrected chi connectivity index (χ1v) is 8.41. The second-order valence-corrected chi connectivity index (χ2v) is 6.92. The lowest BCUT2D eigenvalue weighted by atomic mass is 10.4. The van der Waals surface area contributed by atoms with Crippen molar-refractivity contribution in [3.8, 4) is 0 Å². The van der Waals surface area contributed by atoms with Crippen LogP contribution in [0.2, 0.25) is 0 Å². The monoisotopic (exact) mass is 342 g/mol. The number of ether oxygens (including phenoxy) is 1. The molecular weight excluding hydrogens is 324 g/mol. The predicted octanol–water partition coefficient (Wildman–Crippen LogP) is 1.99. The van der Waals surface area contributed by atoms with Gasteiger partial charge in [0.1, 0.15) is 5.76 Å². The molecule has 9 heteroatoms. The number of anilines is 1. The molecule has 1 amide bonds. The highest BCUT2D eigenvalue weighted by molar-refractivity contribution is 8.02. The van der Waals surface area contributed by atoms with Crippen LogP contribution in [0.25, 0.3) is 0 Å². The van der Waals surface area contributed by atoms with Gasteiger partial charge in [-0.1, -0.05) is 23.1 Å². The normalized spacial score (nSPS) is 12.1. The van der Waals surface area contributed by atoms with E-state index in [0.29, 0.717) is 24.8 Å². The van der Waals surface area contributed by atoms with E-state index in [0.717, 1.165) is 10.1 Å². The fourth-order valence-corrected chi connectivity index (χ4v) is 3.45. The van der Waals surface area contributed by atoms with Crippen LogP contribution in [0.5, 0.6) is 0 Å². The second kappa shape index (κ2) is 8.76. The van der Waals surface area contributed by atoms with Crippen molar-refractivity contribution in [3.63, 3.8) is 0 Å². The van der Waals surface area contributed by atoms with E-state index in [9.17, 15) is 4.79 Å². The molecule has 2 heterocycles. The number of carbonyl (C=O) groups is 1. The third kappa shape index (κ3) is 5.32. The zero-order chi connectivity index (χ0) is 15.8. The van der Waals surface area contributed by atoms with Crippen molar-refractivity contribution in [2.75, 3.05) is 25.6 Å². The van der Waals surface area contributed by atoms with E-state index >= 15 is 0 Å². The minimum Gasteiger partial charge on any atom is -0.467 e. The first-order chi connectivity index (χ1) is 10.7. The van der Waals surface area contributed by atoms with Gasteiger partial charge in [0.05, 0.1) is 24.7 Å². The maximum absolute atomic E-state index is 11.9. The predicted molar refractivity (Wildman–Crippen MR) is 86.1 cm³/mol. The molecule has 0 aliphatic heterocycles. The number of hydrogen-bond acceptors (Lipinski definition) is 8. The first-order valence-electron chi connectivity index (χ1n) is 6.72. The Hall–Kier alpha value is -1.58. The van der Waals surface area contributed by atoms with Crippen LogP contribution in [0, 0.1) is 0 Å². The zero-order valence-corrected chi connectivity index (χ0v) is 14.0. The number of amides is 1. The minimum atomic E-state index is -0.234. The van der Waals surface area contributed by atoms with Crippen molar-refractivity contribution in [2.24, 2.45) is 0 Å². The number of rotatable bonds is 9.